The summed E-state index contributed by atoms with van der Waals surface area (Å²) in [6.07, 6.45) is 1.17. The molecule has 0 radical (unpaired) electrons. The summed E-state index contributed by atoms with van der Waals surface area (Å²) in [6, 6.07) is 0. The van der Waals surface area contributed by atoms with E-state index in [-0.39, 0.29) is 5.97 Å². The van der Waals surface area contributed by atoms with Gasteiger partial charge in [0.15, 0.2) is 0 Å². The van der Waals surface area contributed by atoms with E-state index in [1.807, 2.05) is 0 Å². The third-order valence-electron chi connectivity index (χ3n) is 2.57. The zero-order chi connectivity index (χ0) is 14.5. The van der Waals surface area contributed by atoms with E-state index in [1.54, 1.807) is 0 Å². The van der Waals surface area contributed by atoms with Crippen molar-refractivity contribution in [3.05, 3.63) is 0 Å². The van der Waals surface area contributed by atoms with Crippen molar-refractivity contribution in [2.75, 3.05) is 59.5 Å². The summed E-state index contributed by atoms with van der Waals surface area (Å²) >= 11 is 2.29. The number of alkyl halides is 1. The molecule has 1 aliphatic rings. The molecule has 6 nitrogen and oxygen atoms in total. The summed E-state index contributed by atoms with van der Waals surface area (Å²) in [5.41, 5.74) is 0. The smallest absolute Gasteiger partial charge is 0.305 e. The van der Waals surface area contributed by atoms with Crippen molar-refractivity contribution >= 4 is 28.6 Å². The fourth-order valence-corrected chi connectivity index (χ4v) is 2.08. The van der Waals surface area contributed by atoms with Gasteiger partial charge in [-0.3, -0.25) is 4.79 Å². The van der Waals surface area contributed by atoms with Gasteiger partial charge in [0.25, 0.3) is 0 Å². The van der Waals surface area contributed by atoms with E-state index >= 15 is 0 Å². The Bertz CT molecular complexity index is 251. The largest absolute Gasteiger partial charge is 0.463 e. The highest BCUT2D eigenvalue weighted by Crippen LogP contribution is 2.10. The molecule has 0 saturated carbocycles. The first kappa shape index (κ1) is 18.1. The molecule has 7 heteroatoms. The van der Waals surface area contributed by atoms with Crippen molar-refractivity contribution in [1.82, 2.24) is 0 Å². The monoisotopic (exact) mass is 402 g/mol. The second-order valence-corrected chi connectivity index (χ2v) is 6.03. The van der Waals surface area contributed by atoms with Crippen LogP contribution in [0.25, 0.3) is 0 Å². The lowest BCUT2D eigenvalue weighted by molar-refractivity contribution is -0.145. The van der Waals surface area contributed by atoms with Gasteiger partial charge in [-0.15, -0.1) is 0 Å². The Labute approximate surface area is 133 Å². The Balaban J connectivity index is 2.19. The molecule has 20 heavy (non-hydrogen) atoms. The average molecular weight is 402 g/mol. The highest BCUT2D eigenvalue weighted by Gasteiger charge is 2.09. The van der Waals surface area contributed by atoms with E-state index in [9.17, 15) is 4.79 Å². The Hall–Kier alpha value is 0.0400. The van der Waals surface area contributed by atoms with Crippen LogP contribution in [0.2, 0.25) is 0 Å². The number of carbonyl (C=O) groups is 1. The zero-order valence-electron chi connectivity index (χ0n) is 11.7. The van der Waals surface area contributed by atoms with Gasteiger partial charge in [0.1, 0.15) is 6.61 Å². The van der Waals surface area contributed by atoms with Crippen molar-refractivity contribution in [3.63, 3.8) is 0 Å². The lowest BCUT2D eigenvalue weighted by atomic mass is 10.2. The Morgan fingerprint density at radius 1 is 0.800 bits per heavy atom. The molecule has 0 aromatic carbocycles. The molecule has 0 aromatic heterocycles. The van der Waals surface area contributed by atoms with Crippen LogP contribution in [-0.2, 0) is 28.5 Å². The molecule has 0 aromatic rings. The molecule has 0 N–H and O–H groups in total. The quantitative estimate of drug-likeness (QED) is 0.345. The number of cyclic esters (lactones) is 1. The molecule has 1 atom stereocenters. The topological polar surface area (TPSA) is 63.2 Å². The van der Waals surface area contributed by atoms with E-state index in [4.69, 9.17) is 23.7 Å². The first-order chi connectivity index (χ1) is 9.79. The predicted molar refractivity (Wildman–Crippen MR) is 81.3 cm³/mol. The highest BCUT2D eigenvalue weighted by atomic mass is 127. The zero-order valence-corrected chi connectivity index (χ0v) is 13.8. The number of esters is 1. The third kappa shape index (κ3) is 10.8. The van der Waals surface area contributed by atoms with E-state index in [2.05, 4.69) is 22.6 Å². The van der Waals surface area contributed by atoms with Crippen molar-refractivity contribution in [2.24, 2.45) is 0 Å². The number of ether oxygens (including phenoxy) is 5. The lowest BCUT2D eigenvalue weighted by Gasteiger charge is -2.12. The predicted octanol–water partition coefficient (Wildman–Crippen LogP) is 1.19. The van der Waals surface area contributed by atoms with Crippen molar-refractivity contribution in [1.29, 1.82) is 0 Å². The molecule has 118 valence electrons. The molecule has 1 rings (SSSR count). The van der Waals surface area contributed by atoms with Crippen LogP contribution in [0.4, 0.5) is 0 Å². The maximum atomic E-state index is 11.5. The van der Waals surface area contributed by atoms with Gasteiger partial charge in [-0.1, -0.05) is 22.6 Å². The fourth-order valence-electron chi connectivity index (χ4n) is 1.52. The van der Waals surface area contributed by atoms with Crippen LogP contribution >= 0.6 is 22.6 Å². The molecule has 0 amide bonds. The number of carbonyl (C=O) groups excluding carboxylic acids is 1. The third-order valence-corrected chi connectivity index (χ3v) is 3.55. The van der Waals surface area contributed by atoms with Gasteiger partial charge in [-0.05, 0) is 6.42 Å². The second-order valence-electron chi connectivity index (χ2n) is 4.27. The Kier molecular flexibility index (Phi) is 11.5. The Morgan fingerprint density at radius 3 is 1.90 bits per heavy atom. The van der Waals surface area contributed by atoms with E-state index in [0.29, 0.717) is 69.8 Å². The minimum absolute atomic E-state index is 0.184. The van der Waals surface area contributed by atoms with Crippen LogP contribution in [0.3, 0.4) is 0 Å². The van der Waals surface area contributed by atoms with Crippen LogP contribution in [0.5, 0.6) is 0 Å². The van der Waals surface area contributed by atoms with Crippen molar-refractivity contribution in [2.45, 2.75) is 16.8 Å². The van der Waals surface area contributed by atoms with Crippen molar-refractivity contribution < 1.29 is 28.5 Å². The van der Waals surface area contributed by atoms with Gasteiger partial charge < -0.3 is 23.7 Å². The van der Waals surface area contributed by atoms with Crippen LogP contribution in [0, 0.1) is 0 Å². The highest BCUT2D eigenvalue weighted by molar-refractivity contribution is 14.1. The minimum atomic E-state index is -0.184. The molecular formula is C13H23IO6. The molecular weight excluding hydrogens is 379 g/mol. The maximum Gasteiger partial charge on any atom is 0.305 e. The summed E-state index contributed by atoms with van der Waals surface area (Å²) in [6.45, 7) is 4.57. The summed E-state index contributed by atoms with van der Waals surface area (Å²) in [5, 5.41) is 0. The standard InChI is InChI=1S/C13H23IO6/c14-12-1-2-13(15)20-10-9-18-6-5-16-3-4-17-7-8-19-11-12/h12H,1-11H2. The van der Waals surface area contributed by atoms with Crippen LogP contribution < -0.4 is 0 Å². The van der Waals surface area contributed by atoms with Crippen molar-refractivity contribution in [3.8, 4) is 0 Å². The van der Waals surface area contributed by atoms with Gasteiger partial charge in [-0.2, -0.15) is 0 Å². The van der Waals surface area contributed by atoms with Gasteiger partial charge in [0.05, 0.1) is 52.9 Å². The van der Waals surface area contributed by atoms with Gasteiger partial charge in [-0.25, -0.2) is 0 Å². The van der Waals surface area contributed by atoms with Crippen LogP contribution in [0.15, 0.2) is 0 Å². The number of rotatable bonds is 0. The number of hydrogen-bond acceptors (Lipinski definition) is 6. The number of hydrogen-bond donors (Lipinski definition) is 0. The van der Waals surface area contributed by atoms with E-state index in [1.165, 1.54) is 0 Å². The lowest BCUT2D eigenvalue weighted by Crippen LogP contribution is -2.18. The normalized spacial score (nSPS) is 26.2. The Morgan fingerprint density at radius 2 is 1.30 bits per heavy atom. The first-order valence-electron chi connectivity index (χ1n) is 6.89. The summed E-state index contributed by atoms with van der Waals surface area (Å²) in [5.74, 6) is -0.184. The van der Waals surface area contributed by atoms with Gasteiger partial charge in [0.2, 0.25) is 0 Å². The van der Waals surface area contributed by atoms with Gasteiger partial charge >= 0.3 is 5.97 Å². The molecule has 0 bridgehead atoms. The molecule has 1 fully saturated rings. The summed E-state index contributed by atoms with van der Waals surface area (Å²) in [4.78, 5) is 11.5. The molecule has 0 aliphatic carbocycles. The fraction of sp³-hybridized carbons (Fsp3) is 0.923. The molecule has 1 unspecified atom stereocenters. The molecule has 1 heterocycles. The molecule has 1 aliphatic heterocycles. The average Bonchev–Trinajstić information content (AvgIpc) is 2.44. The minimum Gasteiger partial charge on any atom is -0.463 e. The summed E-state index contributed by atoms with van der Waals surface area (Å²) in [7, 11) is 0. The molecule has 0 spiro atoms. The van der Waals surface area contributed by atoms with E-state index in [0.717, 1.165) is 6.42 Å². The van der Waals surface area contributed by atoms with Gasteiger partial charge in [0, 0.05) is 10.3 Å². The molecule has 1 saturated heterocycles. The van der Waals surface area contributed by atoms with E-state index < -0.39 is 0 Å². The number of halogens is 1. The second kappa shape index (κ2) is 12.8. The summed E-state index contributed by atoms with van der Waals surface area (Å²) < 4.78 is 26.8. The SMILES string of the molecule is O=C1CCC(I)COCCOCCOCCOCCO1. The van der Waals surface area contributed by atoms with Crippen LogP contribution in [-0.4, -0.2) is 69.4 Å². The van der Waals surface area contributed by atoms with Crippen LogP contribution in [0.1, 0.15) is 12.8 Å². The maximum absolute atomic E-state index is 11.5. The first-order valence-corrected chi connectivity index (χ1v) is 8.14.